The van der Waals surface area contributed by atoms with Gasteiger partial charge in [-0.2, -0.15) is 0 Å². The summed E-state index contributed by atoms with van der Waals surface area (Å²) in [6.07, 6.45) is 2.21. The maximum absolute atomic E-state index is 15.3. The lowest BCUT2D eigenvalue weighted by Gasteiger charge is -2.39. The Morgan fingerprint density at radius 2 is 1.93 bits per heavy atom. The number of likely N-dealkylation sites (tertiary alicyclic amines) is 1. The van der Waals surface area contributed by atoms with E-state index >= 15 is 8.78 Å². The Labute approximate surface area is 255 Å². The monoisotopic (exact) mass is 644 g/mol. The Hall–Kier alpha value is -2.58. The molecule has 1 aliphatic carbocycles. The fraction of sp³-hybridized carbons (Fsp3) is 0.621. The Bertz CT molecular complexity index is 1310. The zero-order chi connectivity index (χ0) is 32.0. The summed E-state index contributed by atoms with van der Waals surface area (Å²) in [6, 6.07) is 4.64. The van der Waals surface area contributed by atoms with Crippen molar-refractivity contribution in [1.82, 2.24) is 9.80 Å². The zero-order valence-electron chi connectivity index (χ0n) is 25.4. The van der Waals surface area contributed by atoms with E-state index in [0.717, 1.165) is 33.7 Å². The topological polar surface area (TPSA) is 97.5 Å². The summed E-state index contributed by atoms with van der Waals surface area (Å²) >= 11 is 1.11. The average molecular weight is 645 g/mol. The van der Waals surface area contributed by atoms with Crippen LogP contribution in [0, 0.1) is 11.7 Å². The molecule has 0 spiro atoms. The van der Waals surface area contributed by atoms with Gasteiger partial charge in [0.05, 0.1) is 13.1 Å². The van der Waals surface area contributed by atoms with Gasteiger partial charge in [0, 0.05) is 42.7 Å². The van der Waals surface area contributed by atoms with Crippen molar-refractivity contribution in [2.45, 2.75) is 74.7 Å². The lowest BCUT2D eigenvalue weighted by molar-refractivity contribution is -0.160. The number of carbonyl (C=O) groups is 2. The SMILES string of the molecule is CC(C)(C)OC(=O)N(COCC[Si](C)(C)C)C1=N[C@](CF)(c2cc(N)ccc2F)[C@@H]2C[C@]2(/C=C/C(=O)N2CC(F)(F)C2)S1. The second kappa shape index (κ2) is 11.7. The molecule has 2 fully saturated rings. The highest BCUT2D eigenvalue weighted by Crippen LogP contribution is 2.67. The van der Waals surface area contributed by atoms with Gasteiger partial charge in [-0.1, -0.05) is 37.5 Å². The molecule has 0 aromatic heterocycles. The van der Waals surface area contributed by atoms with Gasteiger partial charge in [-0.25, -0.2) is 32.2 Å². The number of ether oxygens (including phenoxy) is 2. The van der Waals surface area contributed by atoms with Crippen molar-refractivity contribution in [3.05, 3.63) is 41.7 Å². The number of nitrogens with zero attached hydrogens (tertiary/aromatic N) is 3. The van der Waals surface area contributed by atoms with E-state index in [0.29, 0.717) is 6.61 Å². The molecule has 2 heterocycles. The fourth-order valence-corrected chi connectivity index (χ4v) is 7.33. The average Bonchev–Trinajstić information content (AvgIpc) is 3.60. The van der Waals surface area contributed by atoms with Gasteiger partial charge in [-0.3, -0.25) is 4.79 Å². The predicted molar refractivity (Wildman–Crippen MR) is 162 cm³/mol. The summed E-state index contributed by atoms with van der Waals surface area (Å²) in [5, 5.41) is 0.0306. The van der Waals surface area contributed by atoms with E-state index in [4.69, 9.17) is 20.2 Å². The van der Waals surface area contributed by atoms with Crippen LogP contribution in [0.15, 0.2) is 35.3 Å². The smallest absolute Gasteiger partial charge is 0.418 e. The molecule has 4 rings (SSSR count). The number of aliphatic imine (C=N–C) groups is 1. The summed E-state index contributed by atoms with van der Waals surface area (Å²) in [6.45, 7) is 9.28. The first-order valence-corrected chi connectivity index (χ1v) is 18.7. The number of alkyl halides is 3. The van der Waals surface area contributed by atoms with Gasteiger partial charge in [0.25, 0.3) is 5.92 Å². The van der Waals surface area contributed by atoms with Crippen LogP contribution >= 0.6 is 11.8 Å². The van der Waals surface area contributed by atoms with E-state index in [1.807, 2.05) is 0 Å². The molecule has 1 saturated heterocycles. The van der Waals surface area contributed by atoms with Crippen molar-refractivity contribution >= 4 is 42.7 Å². The molecule has 3 aliphatic rings. The number of hydrogen-bond donors (Lipinski definition) is 1. The van der Waals surface area contributed by atoms with Crippen molar-refractivity contribution in [2.75, 3.05) is 38.8 Å². The van der Waals surface area contributed by atoms with E-state index in [2.05, 4.69) is 19.6 Å². The van der Waals surface area contributed by atoms with Crippen molar-refractivity contribution in [3.8, 4) is 0 Å². The third-order valence-corrected chi connectivity index (χ3v) is 10.7. The maximum atomic E-state index is 15.3. The van der Waals surface area contributed by atoms with Crippen LogP contribution in [0.2, 0.25) is 25.7 Å². The second-order valence-electron chi connectivity index (χ2n) is 13.6. The zero-order valence-corrected chi connectivity index (χ0v) is 27.2. The number of hydrogen-bond acceptors (Lipinski definition) is 7. The standard InChI is InChI=1S/C29H40F4N4O4SSi/c1-26(2,3)41-25(39)37(18-40-11-12-43(4,5)6)24-35-29(15-30,20-13-19(34)7-8-21(20)31)22-14-27(22,42-24)10-9-23(38)36-16-28(32,33)17-36/h7-10,13,22H,11-12,14-18,34H2,1-6H3/b10-9+/t22-,27+,29-/m1/s1. The highest BCUT2D eigenvalue weighted by Gasteiger charge is 2.68. The van der Waals surface area contributed by atoms with E-state index in [9.17, 15) is 18.4 Å². The summed E-state index contributed by atoms with van der Waals surface area (Å²) in [7, 11) is -1.46. The molecule has 2 N–H and O–H groups in total. The van der Waals surface area contributed by atoms with Gasteiger partial charge in [0.2, 0.25) is 5.91 Å². The molecule has 238 valence electrons. The Morgan fingerprint density at radius 3 is 2.51 bits per heavy atom. The maximum Gasteiger partial charge on any atom is 0.418 e. The first kappa shape index (κ1) is 33.3. The number of nitrogens with two attached hydrogens (primary N) is 1. The minimum absolute atomic E-state index is 0.0306. The lowest BCUT2D eigenvalue weighted by atomic mass is 9.84. The summed E-state index contributed by atoms with van der Waals surface area (Å²) in [5.41, 5.74) is 3.44. The molecule has 0 bridgehead atoms. The summed E-state index contributed by atoms with van der Waals surface area (Å²) in [5.74, 6) is -4.89. The van der Waals surface area contributed by atoms with E-state index in [1.165, 1.54) is 24.3 Å². The van der Waals surface area contributed by atoms with Crippen LogP contribution < -0.4 is 5.73 Å². The second-order valence-corrected chi connectivity index (χ2v) is 20.6. The van der Waals surface area contributed by atoms with Crippen molar-refractivity contribution in [1.29, 1.82) is 0 Å². The van der Waals surface area contributed by atoms with Gasteiger partial charge in [-0.05, 0) is 51.4 Å². The van der Waals surface area contributed by atoms with Gasteiger partial charge < -0.3 is 20.1 Å². The number of rotatable bonds is 9. The van der Waals surface area contributed by atoms with Crippen molar-refractivity contribution in [3.63, 3.8) is 0 Å². The van der Waals surface area contributed by atoms with Gasteiger partial charge >= 0.3 is 6.09 Å². The number of carbonyl (C=O) groups excluding carboxylic acids is 2. The summed E-state index contributed by atoms with van der Waals surface area (Å²) < 4.78 is 68.0. The normalized spacial score (nSPS) is 26.4. The highest BCUT2D eigenvalue weighted by molar-refractivity contribution is 8.15. The lowest BCUT2D eigenvalue weighted by Crippen LogP contribution is -2.58. The number of benzene rings is 1. The molecule has 0 unspecified atom stereocenters. The van der Waals surface area contributed by atoms with Gasteiger partial charge in [0.15, 0.2) is 5.17 Å². The molecule has 2 aliphatic heterocycles. The molecule has 14 heteroatoms. The highest BCUT2D eigenvalue weighted by atomic mass is 32.2. The number of amidine groups is 1. The van der Waals surface area contributed by atoms with Gasteiger partial charge in [-0.15, -0.1) is 0 Å². The van der Waals surface area contributed by atoms with Crippen LogP contribution in [0.25, 0.3) is 0 Å². The fourth-order valence-electron chi connectivity index (χ4n) is 5.06. The van der Waals surface area contributed by atoms with Gasteiger partial charge in [0.1, 0.15) is 30.4 Å². The van der Waals surface area contributed by atoms with Crippen LogP contribution in [0.1, 0.15) is 32.8 Å². The number of halogens is 4. The van der Waals surface area contributed by atoms with Crippen LogP contribution in [0.5, 0.6) is 0 Å². The third kappa shape index (κ3) is 7.56. The van der Waals surface area contributed by atoms with E-state index in [1.54, 1.807) is 20.8 Å². The predicted octanol–water partition coefficient (Wildman–Crippen LogP) is 6.02. The number of nitrogen functional groups attached to an aromatic ring is 1. The molecule has 43 heavy (non-hydrogen) atoms. The van der Waals surface area contributed by atoms with E-state index in [-0.39, 0.29) is 29.6 Å². The molecule has 1 saturated carbocycles. The van der Waals surface area contributed by atoms with Crippen molar-refractivity contribution < 1.29 is 36.6 Å². The van der Waals surface area contributed by atoms with Crippen LogP contribution in [0.4, 0.5) is 28.0 Å². The largest absolute Gasteiger partial charge is 0.443 e. The quantitative estimate of drug-likeness (QED) is 0.0883. The van der Waals surface area contributed by atoms with E-state index < -0.39 is 73.4 Å². The third-order valence-electron chi connectivity index (χ3n) is 7.49. The molecule has 2 amide bonds. The summed E-state index contributed by atoms with van der Waals surface area (Å²) in [4.78, 5) is 33.0. The number of amides is 2. The Balaban J connectivity index is 1.74. The van der Waals surface area contributed by atoms with Crippen LogP contribution in [-0.4, -0.2) is 84.4 Å². The number of fused-ring (bicyclic) bond motifs is 1. The minimum Gasteiger partial charge on any atom is -0.443 e. The molecule has 1 aromatic rings. The Morgan fingerprint density at radius 1 is 1.26 bits per heavy atom. The van der Waals surface area contributed by atoms with Crippen LogP contribution in [0.3, 0.4) is 0 Å². The molecule has 1 aromatic carbocycles. The first-order valence-electron chi connectivity index (χ1n) is 14.1. The number of thioether (sulfide) groups is 1. The number of anilines is 1. The van der Waals surface area contributed by atoms with Crippen molar-refractivity contribution in [2.24, 2.45) is 10.9 Å². The Kier molecular flexibility index (Phi) is 9.09. The van der Waals surface area contributed by atoms with Crippen LogP contribution in [-0.2, 0) is 19.8 Å². The molecule has 0 radical (unpaired) electrons. The molecule has 3 atom stereocenters. The molecular formula is C29H40F4N4O4SSi. The minimum atomic E-state index is -2.93. The first-order chi connectivity index (χ1) is 19.8. The molecule has 8 nitrogen and oxygen atoms in total. The molecular weight excluding hydrogens is 604 g/mol.